The molecule has 0 aliphatic carbocycles. The number of hydrogen-bond acceptors (Lipinski definition) is 3. The summed E-state index contributed by atoms with van der Waals surface area (Å²) < 4.78 is 5.69. The van der Waals surface area contributed by atoms with Gasteiger partial charge in [0.25, 0.3) is 0 Å². The molecule has 0 aromatic heterocycles. The molecule has 0 aliphatic heterocycles. The minimum atomic E-state index is -1.20. The van der Waals surface area contributed by atoms with Gasteiger partial charge in [0.05, 0.1) is 19.1 Å². The van der Waals surface area contributed by atoms with Crippen molar-refractivity contribution in [3.63, 3.8) is 0 Å². The Bertz CT molecular complexity index is 794. The average molecular weight is 369 g/mol. The number of aliphatic hydroxyl groups is 1. The topological polar surface area (TPSA) is 45.1 Å². The molecule has 27 heavy (non-hydrogen) atoms. The van der Waals surface area contributed by atoms with Crippen molar-refractivity contribution in [2.24, 2.45) is 10.4 Å². The molecule has 0 amide bonds. The molecule has 1 atom stereocenters. The molecule has 4 heteroatoms. The van der Waals surface area contributed by atoms with Gasteiger partial charge in [-0.3, -0.25) is 0 Å². The molecule has 0 saturated carbocycles. The number of nitrogens with zero attached hydrogens (tertiary/aromatic N) is 2. The average Bonchev–Trinajstić information content (AvgIpc) is 2.65. The number of aryl methyl sites for hydroxylation is 1. The predicted molar refractivity (Wildman–Crippen MR) is 113 cm³/mol. The highest BCUT2D eigenvalue weighted by Crippen LogP contribution is 2.49. The maximum absolute atomic E-state index is 11.9. The van der Waals surface area contributed by atoms with Gasteiger partial charge < -0.3 is 14.7 Å². The Morgan fingerprint density at radius 1 is 1.15 bits per heavy atom. The van der Waals surface area contributed by atoms with Crippen LogP contribution in [-0.4, -0.2) is 37.0 Å². The van der Waals surface area contributed by atoms with Gasteiger partial charge in [-0.2, -0.15) is 0 Å². The molecule has 0 radical (unpaired) electrons. The molecule has 4 nitrogen and oxygen atoms in total. The molecule has 1 N–H and O–H groups in total. The van der Waals surface area contributed by atoms with Crippen molar-refractivity contribution in [2.75, 3.05) is 20.7 Å². The van der Waals surface area contributed by atoms with Crippen molar-refractivity contribution in [1.29, 1.82) is 0 Å². The van der Waals surface area contributed by atoms with Crippen molar-refractivity contribution >= 4 is 12.0 Å². The Morgan fingerprint density at radius 2 is 1.78 bits per heavy atom. The van der Waals surface area contributed by atoms with E-state index in [-0.39, 0.29) is 0 Å². The lowest BCUT2D eigenvalue weighted by Crippen LogP contribution is -2.41. The fourth-order valence-electron chi connectivity index (χ4n) is 3.18. The SMILES string of the molecule is CCN(C)C=Nc1cc(OC)c(C(O)(c2ccccc2)C(C)(C)C)cc1C. The van der Waals surface area contributed by atoms with Crippen LogP contribution in [0.3, 0.4) is 0 Å². The van der Waals surface area contributed by atoms with Crippen molar-refractivity contribution in [1.82, 2.24) is 4.90 Å². The van der Waals surface area contributed by atoms with E-state index in [1.54, 1.807) is 7.11 Å². The van der Waals surface area contributed by atoms with Crippen LogP contribution in [0.5, 0.6) is 5.75 Å². The zero-order valence-electron chi connectivity index (χ0n) is 17.6. The third-order valence-corrected chi connectivity index (χ3v) is 5.08. The summed E-state index contributed by atoms with van der Waals surface area (Å²) in [5.74, 6) is 0.633. The Labute approximate surface area is 163 Å². The lowest BCUT2D eigenvalue weighted by Gasteiger charge is -2.42. The van der Waals surface area contributed by atoms with Gasteiger partial charge in [0.1, 0.15) is 11.4 Å². The van der Waals surface area contributed by atoms with Gasteiger partial charge >= 0.3 is 0 Å². The number of rotatable bonds is 6. The van der Waals surface area contributed by atoms with Gasteiger partial charge in [0, 0.05) is 25.2 Å². The van der Waals surface area contributed by atoms with E-state index in [1.165, 1.54) is 0 Å². The standard InChI is InChI=1S/C23H32N2O2/c1-8-25(6)16-24-20-15-21(27-7)19(14-17(20)2)23(26,22(3,4)5)18-12-10-9-11-13-18/h9-16,26H,8H2,1-7H3. The van der Waals surface area contributed by atoms with E-state index in [0.717, 1.165) is 28.9 Å². The van der Waals surface area contributed by atoms with Crippen LogP contribution in [0.2, 0.25) is 0 Å². The summed E-state index contributed by atoms with van der Waals surface area (Å²) in [5.41, 5.74) is 1.78. The molecular weight excluding hydrogens is 336 g/mol. The molecule has 1 unspecified atom stereocenters. The Morgan fingerprint density at radius 3 is 2.30 bits per heavy atom. The molecule has 0 saturated heterocycles. The van der Waals surface area contributed by atoms with Crippen LogP contribution >= 0.6 is 0 Å². The van der Waals surface area contributed by atoms with E-state index in [9.17, 15) is 5.11 Å². The second kappa shape index (κ2) is 8.13. The van der Waals surface area contributed by atoms with E-state index in [2.05, 4.69) is 11.9 Å². The first-order valence-corrected chi connectivity index (χ1v) is 9.36. The predicted octanol–water partition coefficient (Wildman–Crippen LogP) is 4.90. The van der Waals surface area contributed by atoms with Crippen molar-refractivity contribution in [3.8, 4) is 5.75 Å². The van der Waals surface area contributed by atoms with Crippen LogP contribution in [0.1, 0.15) is 44.4 Å². The number of hydrogen-bond donors (Lipinski definition) is 1. The third kappa shape index (κ3) is 4.16. The highest BCUT2D eigenvalue weighted by atomic mass is 16.5. The second-order valence-electron chi connectivity index (χ2n) is 7.98. The molecule has 0 aliphatic rings. The number of methoxy groups -OCH3 is 1. The fourth-order valence-corrected chi connectivity index (χ4v) is 3.18. The van der Waals surface area contributed by atoms with E-state index < -0.39 is 11.0 Å². The normalized spacial score (nSPS) is 14.2. The zero-order chi connectivity index (χ0) is 20.2. The van der Waals surface area contributed by atoms with Crippen LogP contribution in [0, 0.1) is 12.3 Å². The molecule has 2 aromatic rings. The van der Waals surface area contributed by atoms with Crippen LogP contribution in [0.25, 0.3) is 0 Å². The molecule has 0 spiro atoms. The Hall–Kier alpha value is -2.33. The highest BCUT2D eigenvalue weighted by Gasteiger charge is 2.45. The van der Waals surface area contributed by atoms with E-state index in [0.29, 0.717) is 5.75 Å². The molecule has 2 rings (SSSR count). The number of benzene rings is 2. The van der Waals surface area contributed by atoms with Crippen LogP contribution < -0.4 is 4.74 Å². The highest BCUT2D eigenvalue weighted by molar-refractivity contribution is 5.66. The van der Waals surface area contributed by atoms with Gasteiger partial charge in [-0.05, 0) is 36.5 Å². The first-order valence-electron chi connectivity index (χ1n) is 9.36. The van der Waals surface area contributed by atoms with Gasteiger partial charge in [0.15, 0.2) is 0 Å². The second-order valence-corrected chi connectivity index (χ2v) is 7.98. The smallest absolute Gasteiger partial charge is 0.127 e. The van der Waals surface area contributed by atoms with Crippen molar-refractivity contribution in [2.45, 2.75) is 40.2 Å². The van der Waals surface area contributed by atoms with E-state index in [4.69, 9.17) is 4.74 Å². The number of ether oxygens (including phenoxy) is 1. The van der Waals surface area contributed by atoms with E-state index >= 15 is 0 Å². The molecule has 0 heterocycles. The first kappa shape index (κ1) is 21.0. The van der Waals surface area contributed by atoms with Crippen LogP contribution in [0.4, 0.5) is 5.69 Å². The van der Waals surface area contributed by atoms with E-state index in [1.807, 2.05) is 88.4 Å². The van der Waals surface area contributed by atoms with Gasteiger partial charge in [-0.25, -0.2) is 4.99 Å². The lowest BCUT2D eigenvalue weighted by atomic mass is 9.68. The zero-order valence-corrected chi connectivity index (χ0v) is 17.6. The third-order valence-electron chi connectivity index (χ3n) is 5.08. The van der Waals surface area contributed by atoms with Crippen LogP contribution in [-0.2, 0) is 5.60 Å². The Balaban J connectivity index is 2.68. The molecule has 0 fully saturated rings. The monoisotopic (exact) mass is 368 g/mol. The molecule has 0 bridgehead atoms. The Kier molecular flexibility index (Phi) is 6.32. The summed E-state index contributed by atoms with van der Waals surface area (Å²) in [4.78, 5) is 6.59. The van der Waals surface area contributed by atoms with Gasteiger partial charge in [-0.15, -0.1) is 0 Å². The minimum absolute atomic E-state index is 0.443. The summed E-state index contributed by atoms with van der Waals surface area (Å²) in [7, 11) is 3.62. The maximum Gasteiger partial charge on any atom is 0.127 e. The van der Waals surface area contributed by atoms with Crippen LogP contribution in [0.15, 0.2) is 47.5 Å². The van der Waals surface area contributed by atoms with Gasteiger partial charge in [0.2, 0.25) is 0 Å². The molecular formula is C23H32N2O2. The quantitative estimate of drug-likeness (QED) is 0.583. The van der Waals surface area contributed by atoms with Gasteiger partial charge in [-0.1, -0.05) is 51.1 Å². The maximum atomic E-state index is 11.9. The number of aliphatic imine (C=N–C) groups is 1. The molecule has 2 aromatic carbocycles. The fraction of sp³-hybridized carbons (Fsp3) is 0.435. The first-order chi connectivity index (χ1) is 12.6. The molecule has 146 valence electrons. The largest absolute Gasteiger partial charge is 0.496 e. The summed E-state index contributed by atoms with van der Waals surface area (Å²) in [6.45, 7) is 11.1. The summed E-state index contributed by atoms with van der Waals surface area (Å²) >= 11 is 0. The lowest BCUT2D eigenvalue weighted by molar-refractivity contribution is -0.0276. The summed E-state index contributed by atoms with van der Waals surface area (Å²) in [5, 5.41) is 11.9. The van der Waals surface area contributed by atoms with Crippen molar-refractivity contribution < 1.29 is 9.84 Å². The summed E-state index contributed by atoms with van der Waals surface area (Å²) in [6, 6.07) is 13.7. The summed E-state index contributed by atoms with van der Waals surface area (Å²) in [6.07, 6.45) is 1.81. The minimum Gasteiger partial charge on any atom is -0.496 e. The van der Waals surface area contributed by atoms with Crippen molar-refractivity contribution in [3.05, 3.63) is 59.2 Å².